The van der Waals surface area contributed by atoms with E-state index in [1.807, 2.05) is 7.05 Å². The van der Waals surface area contributed by atoms with Crippen molar-refractivity contribution in [2.45, 2.75) is 6.04 Å². The van der Waals surface area contributed by atoms with Crippen LogP contribution < -0.4 is 5.32 Å². The Balaban J connectivity index is 1.82. The van der Waals surface area contributed by atoms with E-state index in [4.69, 9.17) is 0 Å². The van der Waals surface area contributed by atoms with Crippen molar-refractivity contribution in [1.29, 1.82) is 0 Å². The number of likely N-dealkylation sites (N-methyl/N-ethyl adjacent to an activating group) is 1. The van der Waals surface area contributed by atoms with Gasteiger partial charge in [0.1, 0.15) is 6.54 Å². The Morgan fingerprint density at radius 3 is 2.87 bits per heavy atom. The zero-order chi connectivity index (χ0) is 10.8. The minimum absolute atomic E-state index is 0.0392. The van der Waals surface area contributed by atoms with Crippen molar-refractivity contribution < 1.29 is 9.59 Å². The van der Waals surface area contributed by atoms with Gasteiger partial charge in [-0.2, -0.15) is 0 Å². The highest BCUT2D eigenvalue weighted by molar-refractivity contribution is 8.00. The molecule has 15 heavy (non-hydrogen) atoms. The van der Waals surface area contributed by atoms with Crippen LogP contribution in [0.3, 0.4) is 0 Å². The van der Waals surface area contributed by atoms with Gasteiger partial charge in [-0.05, 0) is 0 Å². The highest BCUT2D eigenvalue weighted by Crippen LogP contribution is 2.15. The molecule has 2 aliphatic rings. The lowest BCUT2D eigenvalue weighted by Gasteiger charge is -2.36. The van der Waals surface area contributed by atoms with Gasteiger partial charge in [0.2, 0.25) is 11.8 Å². The van der Waals surface area contributed by atoms with Crippen molar-refractivity contribution in [2.75, 3.05) is 38.3 Å². The van der Waals surface area contributed by atoms with E-state index in [1.54, 1.807) is 21.6 Å². The van der Waals surface area contributed by atoms with Gasteiger partial charge in [0, 0.05) is 20.1 Å². The van der Waals surface area contributed by atoms with Crippen molar-refractivity contribution in [3.63, 3.8) is 0 Å². The van der Waals surface area contributed by atoms with Gasteiger partial charge in [-0.25, -0.2) is 0 Å². The van der Waals surface area contributed by atoms with Crippen LogP contribution in [-0.4, -0.2) is 66.0 Å². The van der Waals surface area contributed by atoms with Gasteiger partial charge >= 0.3 is 0 Å². The molecule has 2 heterocycles. The summed E-state index contributed by atoms with van der Waals surface area (Å²) in [5.41, 5.74) is 0. The monoisotopic (exact) mass is 229 g/mol. The second kappa shape index (κ2) is 4.40. The van der Waals surface area contributed by atoms with Crippen LogP contribution in [0.1, 0.15) is 0 Å². The number of nitrogens with one attached hydrogen (secondary N) is 1. The van der Waals surface area contributed by atoms with Gasteiger partial charge in [-0.3, -0.25) is 9.59 Å². The minimum Gasteiger partial charge on any atom is -0.339 e. The van der Waals surface area contributed by atoms with Crippen LogP contribution >= 0.6 is 11.8 Å². The van der Waals surface area contributed by atoms with E-state index in [9.17, 15) is 9.59 Å². The molecule has 0 aromatic heterocycles. The Bertz CT molecular complexity index is 281. The van der Waals surface area contributed by atoms with Crippen LogP contribution in [-0.2, 0) is 9.59 Å². The van der Waals surface area contributed by atoms with E-state index in [2.05, 4.69) is 5.32 Å². The summed E-state index contributed by atoms with van der Waals surface area (Å²) in [4.78, 5) is 26.4. The fourth-order valence-corrected chi connectivity index (χ4v) is 2.47. The lowest BCUT2D eigenvalue weighted by atomic mass is 10.1. The molecule has 5 nitrogen and oxygen atoms in total. The van der Waals surface area contributed by atoms with Crippen molar-refractivity contribution in [1.82, 2.24) is 15.1 Å². The van der Waals surface area contributed by atoms with Crippen LogP contribution in [0.4, 0.5) is 0 Å². The van der Waals surface area contributed by atoms with E-state index < -0.39 is 0 Å². The van der Waals surface area contributed by atoms with E-state index in [1.165, 1.54) is 0 Å². The second-order valence-electron chi connectivity index (χ2n) is 3.89. The maximum absolute atomic E-state index is 11.8. The Hall–Kier alpha value is -0.750. The Morgan fingerprint density at radius 2 is 2.40 bits per heavy atom. The van der Waals surface area contributed by atoms with E-state index in [0.717, 1.165) is 13.1 Å². The number of thioether (sulfide) groups is 1. The number of hydrogen-bond donors (Lipinski definition) is 1. The molecule has 84 valence electrons. The first kappa shape index (κ1) is 10.8. The fraction of sp³-hybridized carbons (Fsp3) is 0.778. The average molecular weight is 229 g/mol. The maximum atomic E-state index is 11.8. The van der Waals surface area contributed by atoms with E-state index in [0.29, 0.717) is 17.7 Å². The highest BCUT2D eigenvalue weighted by atomic mass is 32.2. The van der Waals surface area contributed by atoms with Crippen LogP contribution in [0, 0.1) is 0 Å². The molecule has 2 aliphatic heterocycles. The molecule has 1 N–H and O–H groups in total. The van der Waals surface area contributed by atoms with Gasteiger partial charge < -0.3 is 15.1 Å². The molecule has 0 radical (unpaired) electrons. The third kappa shape index (κ3) is 2.26. The Morgan fingerprint density at radius 1 is 1.67 bits per heavy atom. The summed E-state index contributed by atoms with van der Waals surface area (Å²) in [6, 6.07) is 0.308. The largest absolute Gasteiger partial charge is 0.339 e. The lowest BCUT2D eigenvalue weighted by Crippen LogP contribution is -2.58. The molecule has 2 fully saturated rings. The Kier molecular flexibility index (Phi) is 3.16. The summed E-state index contributed by atoms with van der Waals surface area (Å²) in [6.45, 7) is 1.97. The molecule has 6 heteroatoms. The Labute approximate surface area is 93.2 Å². The number of carbonyl (C=O) groups excluding carboxylic acids is 2. The molecule has 0 aromatic carbocycles. The molecule has 0 aliphatic carbocycles. The number of hydrogen-bond acceptors (Lipinski definition) is 4. The van der Waals surface area contributed by atoms with Crippen molar-refractivity contribution in [3.8, 4) is 0 Å². The molecule has 0 unspecified atom stereocenters. The first-order valence-electron chi connectivity index (χ1n) is 5.00. The standard InChI is InChI=1S/C9H15N3O2S/c1-11(7-2-10-3-7)8(13)4-12-6-15-5-9(12)14/h7,10H,2-6H2,1H3. The minimum atomic E-state index is 0.0392. The molecule has 0 saturated carbocycles. The van der Waals surface area contributed by atoms with E-state index in [-0.39, 0.29) is 18.4 Å². The topological polar surface area (TPSA) is 52.7 Å². The summed E-state index contributed by atoms with van der Waals surface area (Å²) in [6.07, 6.45) is 0. The summed E-state index contributed by atoms with van der Waals surface area (Å²) < 4.78 is 0. The number of nitrogens with zero attached hydrogens (tertiary/aromatic N) is 2. The number of rotatable bonds is 3. The van der Waals surface area contributed by atoms with Crippen LogP contribution in [0.5, 0.6) is 0 Å². The summed E-state index contributed by atoms with van der Waals surface area (Å²) in [5, 5.41) is 3.12. The van der Waals surface area contributed by atoms with Crippen LogP contribution in [0.15, 0.2) is 0 Å². The predicted molar refractivity (Wildman–Crippen MR) is 58.5 cm³/mol. The van der Waals surface area contributed by atoms with Gasteiger partial charge in [0.05, 0.1) is 17.7 Å². The first-order chi connectivity index (χ1) is 7.18. The maximum Gasteiger partial charge on any atom is 0.242 e. The quantitative estimate of drug-likeness (QED) is 0.671. The molecular weight excluding hydrogens is 214 g/mol. The smallest absolute Gasteiger partial charge is 0.242 e. The molecular formula is C9H15N3O2S. The van der Waals surface area contributed by atoms with Crippen LogP contribution in [0.2, 0.25) is 0 Å². The average Bonchev–Trinajstić information content (AvgIpc) is 2.49. The normalized spacial score (nSPS) is 21.7. The van der Waals surface area contributed by atoms with Gasteiger partial charge in [-0.1, -0.05) is 0 Å². The van der Waals surface area contributed by atoms with Crippen molar-refractivity contribution >= 4 is 23.6 Å². The summed E-state index contributed by atoms with van der Waals surface area (Å²) >= 11 is 1.57. The number of carbonyl (C=O) groups is 2. The van der Waals surface area contributed by atoms with Crippen molar-refractivity contribution in [2.24, 2.45) is 0 Å². The van der Waals surface area contributed by atoms with Gasteiger partial charge in [0.25, 0.3) is 0 Å². The van der Waals surface area contributed by atoms with Crippen LogP contribution in [0.25, 0.3) is 0 Å². The van der Waals surface area contributed by atoms with E-state index >= 15 is 0 Å². The van der Waals surface area contributed by atoms with Gasteiger partial charge in [-0.15, -0.1) is 11.8 Å². The third-order valence-electron chi connectivity index (χ3n) is 2.85. The third-order valence-corrected chi connectivity index (χ3v) is 3.80. The molecule has 2 rings (SSSR count). The highest BCUT2D eigenvalue weighted by Gasteiger charge is 2.29. The second-order valence-corrected chi connectivity index (χ2v) is 4.84. The zero-order valence-corrected chi connectivity index (χ0v) is 9.55. The summed E-state index contributed by atoms with van der Waals surface area (Å²) in [7, 11) is 1.81. The fourth-order valence-electron chi connectivity index (χ4n) is 1.57. The molecule has 0 spiro atoms. The zero-order valence-electron chi connectivity index (χ0n) is 8.73. The molecule has 0 bridgehead atoms. The predicted octanol–water partition coefficient (Wildman–Crippen LogP) is -1.05. The van der Waals surface area contributed by atoms with Crippen molar-refractivity contribution in [3.05, 3.63) is 0 Å². The molecule has 2 saturated heterocycles. The molecule has 0 aromatic rings. The summed E-state index contributed by atoms with van der Waals surface area (Å²) in [5.74, 6) is 1.29. The van der Waals surface area contributed by atoms with Gasteiger partial charge in [0.15, 0.2) is 0 Å². The SMILES string of the molecule is CN(C(=O)CN1CSCC1=O)C1CNC1. The first-order valence-corrected chi connectivity index (χ1v) is 6.16. The molecule has 2 amide bonds. The molecule has 0 atom stereocenters. The lowest BCUT2D eigenvalue weighted by molar-refractivity contribution is -0.139. The number of amides is 2.